The Balaban J connectivity index is 2.75. The zero-order chi connectivity index (χ0) is 14.6. The highest BCUT2D eigenvalue weighted by Gasteiger charge is 2.18. The summed E-state index contributed by atoms with van der Waals surface area (Å²) in [6, 6.07) is 2.55. The number of hydrogen-bond donors (Lipinski definition) is 2. The summed E-state index contributed by atoms with van der Waals surface area (Å²) in [6.07, 6.45) is 0. The summed E-state index contributed by atoms with van der Waals surface area (Å²) in [4.78, 5) is 25.6. The van der Waals surface area contributed by atoms with Gasteiger partial charge in [-0.1, -0.05) is 11.6 Å². The molecular formula is C11H15ClN4O3. The fraction of sp³-hybridized carbons (Fsp3) is 0.455. The summed E-state index contributed by atoms with van der Waals surface area (Å²) in [6.45, 7) is 5.40. The van der Waals surface area contributed by atoms with Crippen LogP contribution in [0.5, 0.6) is 0 Å². The molecule has 0 saturated carbocycles. The average Bonchev–Trinajstić information content (AvgIpc) is 2.23. The van der Waals surface area contributed by atoms with Crippen molar-refractivity contribution in [2.75, 3.05) is 11.9 Å². The van der Waals surface area contributed by atoms with Gasteiger partial charge in [-0.25, -0.2) is 4.98 Å². The second-order valence-corrected chi connectivity index (χ2v) is 5.30. The first-order chi connectivity index (χ1) is 8.69. The van der Waals surface area contributed by atoms with Crippen LogP contribution in [-0.2, 0) is 4.79 Å². The van der Waals surface area contributed by atoms with Crippen molar-refractivity contribution in [1.82, 2.24) is 10.3 Å². The molecule has 1 rings (SSSR count). The smallest absolute Gasteiger partial charge is 0.311 e. The number of carbonyl (C=O) groups excluding carboxylic acids is 1. The zero-order valence-electron chi connectivity index (χ0n) is 10.9. The summed E-state index contributed by atoms with van der Waals surface area (Å²) in [5.74, 6) is -0.315. The standard InChI is InChI=1S/C11H15ClN4O3/c1-11(2,3)15-9(17)6-13-10-7(16(18)19)4-5-8(12)14-10/h4-5H,6H2,1-3H3,(H,13,14)(H,15,17). The summed E-state index contributed by atoms with van der Waals surface area (Å²) < 4.78 is 0. The lowest BCUT2D eigenvalue weighted by molar-refractivity contribution is -0.384. The largest absolute Gasteiger partial charge is 0.355 e. The Labute approximate surface area is 115 Å². The molecule has 0 radical (unpaired) electrons. The van der Waals surface area contributed by atoms with Crippen LogP contribution in [0.1, 0.15) is 20.8 Å². The van der Waals surface area contributed by atoms with Gasteiger partial charge in [0.2, 0.25) is 11.7 Å². The summed E-state index contributed by atoms with van der Waals surface area (Å²) in [5, 5.41) is 16.2. The van der Waals surface area contributed by atoms with Crippen LogP contribution in [0.15, 0.2) is 12.1 Å². The van der Waals surface area contributed by atoms with Crippen LogP contribution in [0.4, 0.5) is 11.5 Å². The Kier molecular flexibility index (Phi) is 4.66. The van der Waals surface area contributed by atoms with Crippen LogP contribution in [0, 0.1) is 10.1 Å². The third kappa shape index (κ3) is 5.09. The van der Waals surface area contributed by atoms with Gasteiger partial charge >= 0.3 is 5.69 Å². The van der Waals surface area contributed by atoms with E-state index < -0.39 is 4.92 Å². The predicted octanol–water partition coefficient (Wildman–Crippen LogP) is 1.97. The molecule has 0 unspecified atom stereocenters. The number of nitrogens with one attached hydrogen (secondary N) is 2. The lowest BCUT2D eigenvalue weighted by Crippen LogP contribution is -2.43. The number of pyridine rings is 1. The topological polar surface area (TPSA) is 97.2 Å². The molecule has 7 nitrogen and oxygen atoms in total. The molecule has 2 N–H and O–H groups in total. The third-order valence-electron chi connectivity index (χ3n) is 1.97. The number of amides is 1. The van der Waals surface area contributed by atoms with E-state index in [0.29, 0.717) is 0 Å². The van der Waals surface area contributed by atoms with Crippen LogP contribution in [0.3, 0.4) is 0 Å². The fourth-order valence-corrected chi connectivity index (χ4v) is 1.48. The summed E-state index contributed by atoms with van der Waals surface area (Å²) >= 11 is 5.67. The Bertz CT molecular complexity index is 499. The summed E-state index contributed by atoms with van der Waals surface area (Å²) in [5.41, 5.74) is -0.597. The monoisotopic (exact) mass is 286 g/mol. The zero-order valence-corrected chi connectivity index (χ0v) is 11.6. The van der Waals surface area contributed by atoms with E-state index in [1.165, 1.54) is 12.1 Å². The van der Waals surface area contributed by atoms with Crippen LogP contribution < -0.4 is 10.6 Å². The molecule has 0 fully saturated rings. The predicted molar refractivity (Wildman–Crippen MR) is 72.3 cm³/mol. The van der Waals surface area contributed by atoms with Crippen molar-refractivity contribution < 1.29 is 9.72 Å². The number of nitrogens with zero attached hydrogens (tertiary/aromatic N) is 2. The Morgan fingerprint density at radius 3 is 2.63 bits per heavy atom. The van der Waals surface area contributed by atoms with Gasteiger partial charge in [-0.2, -0.15) is 0 Å². The molecule has 0 aliphatic rings. The minimum Gasteiger partial charge on any atom is -0.355 e. The van der Waals surface area contributed by atoms with E-state index in [0.717, 1.165) is 0 Å². The van der Waals surface area contributed by atoms with Gasteiger partial charge in [0.1, 0.15) is 5.15 Å². The number of nitro groups is 1. The van der Waals surface area contributed by atoms with Gasteiger partial charge in [0.15, 0.2) is 0 Å². The first kappa shape index (κ1) is 15.2. The molecule has 1 amide bonds. The van der Waals surface area contributed by atoms with Gasteiger partial charge in [-0.05, 0) is 26.8 Å². The molecule has 0 aliphatic carbocycles. The molecule has 1 aromatic rings. The Morgan fingerprint density at radius 2 is 2.11 bits per heavy atom. The van der Waals surface area contributed by atoms with E-state index in [1.807, 2.05) is 20.8 Å². The molecule has 19 heavy (non-hydrogen) atoms. The molecule has 1 aromatic heterocycles. The maximum atomic E-state index is 11.6. The lowest BCUT2D eigenvalue weighted by atomic mass is 10.1. The minimum absolute atomic E-state index is 0.0263. The number of aromatic nitrogens is 1. The highest BCUT2D eigenvalue weighted by molar-refractivity contribution is 6.29. The molecule has 0 saturated heterocycles. The van der Waals surface area contributed by atoms with Gasteiger partial charge in [0.05, 0.1) is 11.5 Å². The molecular weight excluding hydrogens is 272 g/mol. The average molecular weight is 287 g/mol. The molecule has 0 aromatic carbocycles. The van der Waals surface area contributed by atoms with E-state index in [9.17, 15) is 14.9 Å². The van der Waals surface area contributed by atoms with Gasteiger partial charge < -0.3 is 10.6 Å². The number of carbonyl (C=O) groups is 1. The van der Waals surface area contributed by atoms with Crippen LogP contribution in [-0.4, -0.2) is 27.9 Å². The van der Waals surface area contributed by atoms with Crippen molar-refractivity contribution in [3.8, 4) is 0 Å². The van der Waals surface area contributed by atoms with Crippen LogP contribution >= 0.6 is 11.6 Å². The number of halogens is 1. The van der Waals surface area contributed by atoms with E-state index >= 15 is 0 Å². The number of anilines is 1. The van der Waals surface area contributed by atoms with Crippen molar-refractivity contribution in [2.45, 2.75) is 26.3 Å². The normalized spacial score (nSPS) is 10.9. The van der Waals surface area contributed by atoms with E-state index in [1.54, 1.807) is 0 Å². The highest BCUT2D eigenvalue weighted by Crippen LogP contribution is 2.23. The van der Waals surface area contributed by atoms with E-state index in [-0.39, 0.29) is 34.6 Å². The van der Waals surface area contributed by atoms with Crippen molar-refractivity contribution >= 4 is 29.0 Å². The molecule has 0 spiro atoms. The second kappa shape index (κ2) is 5.83. The van der Waals surface area contributed by atoms with Crippen LogP contribution in [0.2, 0.25) is 5.15 Å². The maximum Gasteiger partial charge on any atom is 0.311 e. The lowest BCUT2D eigenvalue weighted by Gasteiger charge is -2.20. The Hall–Kier alpha value is -1.89. The van der Waals surface area contributed by atoms with Gasteiger partial charge in [0, 0.05) is 11.6 Å². The van der Waals surface area contributed by atoms with Gasteiger partial charge in [0.25, 0.3) is 0 Å². The number of rotatable bonds is 4. The molecule has 104 valence electrons. The molecule has 1 heterocycles. The SMILES string of the molecule is CC(C)(C)NC(=O)CNc1nc(Cl)ccc1[N+](=O)[O-]. The first-order valence-electron chi connectivity index (χ1n) is 5.55. The maximum absolute atomic E-state index is 11.6. The Morgan fingerprint density at radius 1 is 1.47 bits per heavy atom. The molecule has 8 heteroatoms. The molecule has 0 bridgehead atoms. The van der Waals surface area contributed by atoms with Crippen molar-refractivity contribution in [1.29, 1.82) is 0 Å². The molecule has 0 atom stereocenters. The summed E-state index contributed by atoms with van der Waals surface area (Å²) in [7, 11) is 0. The van der Waals surface area contributed by atoms with Gasteiger partial charge in [-0.15, -0.1) is 0 Å². The first-order valence-corrected chi connectivity index (χ1v) is 5.92. The second-order valence-electron chi connectivity index (χ2n) is 4.91. The minimum atomic E-state index is -0.590. The van der Waals surface area contributed by atoms with E-state index in [4.69, 9.17) is 11.6 Å². The number of hydrogen-bond acceptors (Lipinski definition) is 5. The van der Waals surface area contributed by atoms with Gasteiger partial charge in [-0.3, -0.25) is 14.9 Å². The molecule has 0 aliphatic heterocycles. The van der Waals surface area contributed by atoms with Crippen molar-refractivity contribution in [3.05, 3.63) is 27.4 Å². The van der Waals surface area contributed by atoms with Crippen molar-refractivity contribution in [3.63, 3.8) is 0 Å². The third-order valence-corrected chi connectivity index (χ3v) is 2.18. The highest BCUT2D eigenvalue weighted by atomic mass is 35.5. The fourth-order valence-electron chi connectivity index (χ4n) is 1.33. The van der Waals surface area contributed by atoms with Crippen molar-refractivity contribution in [2.24, 2.45) is 0 Å². The quantitative estimate of drug-likeness (QED) is 0.501. The van der Waals surface area contributed by atoms with Crippen LogP contribution in [0.25, 0.3) is 0 Å². The van der Waals surface area contributed by atoms with E-state index in [2.05, 4.69) is 15.6 Å².